The van der Waals surface area contributed by atoms with Gasteiger partial charge >= 0.3 is 11.9 Å². The van der Waals surface area contributed by atoms with Gasteiger partial charge in [0.1, 0.15) is 11.5 Å². The van der Waals surface area contributed by atoms with Gasteiger partial charge in [-0.25, -0.2) is 9.59 Å². The van der Waals surface area contributed by atoms with Gasteiger partial charge < -0.3 is 9.47 Å². The van der Waals surface area contributed by atoms with E-state index in [0.29, 0.717) is 11.3 Å². The third-order valence-electron chi connectivity index (χ3n) is 7.26. The maximum atomic E-state index is 11.7. The van der Waals surface area contributed by atoms with E-state index in [1.165, 1.54) is 39.5 Å². The first-order valence-corrected chi connectivity index (χ1v) is 13.2. The van der Waals surface area contributed by atoms with Crippen molar-refractivity contribution in [2.75, 3.05) is 0 Å². The minimum Gasteiger partial charge on any atom is -0.428 e. The minimum atomic E-state index is -0.395. The van der Waals surface area contributed by atoms with Crippen molar-refractivity contribution < 1.29 is 19.1 Å². The van der Waals surface area contributed by atoms with E-state index in [0.717, 1.165) is 70.0 Å². The van der Waals surface area contributed by atoms with E-state index in [-0.39, 0.29) is 5.97 Å². The first-order chi connectivity index (χ1) is 17.9. The number of carbonyl (C=O) groups is 2. The van der Waals surface area contributed by atoms with E-state index in [1.54, 1.807) is 6.92 Å². The van der Waals surface area contributed by atoms with Crippen molar-refractivity contribution in [3.05, 3.63) is 118 Å². The Bertz CT molecular complexity index is 1240. The van der Waals surface area contributed by atoms with E-state index < -0.39 is 5.97 Å². The third kappa shape index (κ3) is 7.42. The second-order valence-corrected chi connectivity index (χ2v) is 9.98. The maximum absolute atomic E-state index is 11.7. The Kier molecular flexibility index (Phi) is 8.95. The lowest BCUT2D eigenvalue weighted by molar-refractivity contribution is -0.135. The van der Waals surface area contributed by atoms with Gasteiger partial charge in [-0.05, 0) is 92.7 Å². The molecule has 0 aromatic rings. The van der Waals surface area contributed by atoms with Gasteiger partial charge in [-0.1, -0.05) is 60.8 Å². The molecule has 0 fully saturated rings. The van der Waals surface area contributed by atoms with E-state index in [2.05, 4.69) is 49.6 Å². The zero-order chi connectivity index (χ0) is 26.2. The number of ether oxygens (including phenoxy) is 2. The van der Waals surface area contributed by atoms with Crippen LogP contribution in [0.4, 0.5) is 0 Å². The molecule has 0 unspecified atom stereocenters. The molecule has 0 aliphatic heterocycles. The van der Waals surface area contributed by atoms with Crippen molar-refractivity contribution in [1.29, 1.82) is 0 Å². The zero-order valence-electron chi connectivity index (χ0n) is 21.8. The molecular formula is C33H36O4. The van der Waals surface area contributed by atoms with Gasteiger partial charge in [0.05, 0.1) is 0 Å². The molecule has 4 aliphatic carbocycles. The highest BCUT2D eigenvalue weighted by Gasteiger charge is 2.18. The smallest absolute Gasteiger partial charge is 0.338 e. The SMILES string of the molecule is C=CC(=O)OC1=CC=C(C2=CC=C(CCC3=CC=C(C4=CC=C(OC(=O)C(=C)C)CC4)CC3)CC2)CC1. The van der Waals surface area contributed by atoms with E-state index in [9.17, 15) is 9.59 Å². The van der Waals surface area contributed by atoms with Crippen LogP contribution < -0.4 is 0 Å². The molecule has 0 atom stereocenters. The molecule has 0 aromatic heterocycles. The van der Waals surface area contributed by atoms with Gasteiger partial charge in [-0.2, -0.15) is 0 Å². The molecule has 0 N–H and O–H groups in total. The van der Waals surface area contributed by atoms with Gasteiger partial charge in [0.2, 0.25) is 0 Å². The van der Waals surface area contributed by atoms with Crippen LogP contribution in [-0.4, -0.2) is 11.9 Å². The summed E-state index contributed by atoms with van der Waals surface area (Å²) in [6.07, 6.45) is 28.3. The summed E-state index contributed by atoms with van der Waals surface area (Å²) in [5.74, 6) is 0.688. The Morgan fingerprint density at radius 1 is 0.676 bits per heavy atom. The molecular weight excluding hydrogens is 460 g/mol. The lowest BCUT2D eigenvalue weighted by atomic mass is 9.85. The lowest BCUT2D eigenvalue weighted by Crippen LogP contribution is -2.08. The average molecular weight is 497 g/mol. The molecule has 4 nitrogen and oxygen atoms in total. The first-order valence-electron chi connectivity index (χ1n) is 13.2. The Balaban J connectivity index is 1.28. The fourth-order valence-electron chi connectivity index (χ4n) is 4.95. The van der Waals surface area contributed by atoms with E-state index in [1.807, 2.05) is 12.2 Å². The standard InChI is InChI=1S/C33H36O4/c1-4-32(34)36-30-19-15-28(16-20-30)26-11-7-24(8-12-26)5-6-25-9-13-27(14-10-25)29-17-21-31(22-18-29)37-33(35)23(2)3/h4,7,9,11,13,15,17,19,21H,1-2,5-6,8,10,12,14,16,18,20,22H2,3H3. The molecule has 0 heterocycles. The van der Waals surface area contributed by atoms with E-state index >= 15 is 0 Å². The van der Waals surface area contributed by atoms with E-state index in [4.69, 9.17) is 9.47 Å². The zero-order valence-corrected chi connectivity index (χ0v) is 21.8. The Morgan fingerprint density at radius 3 is 1.46 bits per heavy atom. The molecule has 0 amide bonds. The van der Waals surface area contributed by atoms with Crippen LogP contribution in [-0.2, 0) is 19.1 Å². The van der Waals surface area contributed by atoms with Gasteiger partial charge in [-0.15, -0.1) is 0 Å². The predicted octanol–water partition coefficient (Wildman–Crippen LogP) is 8.12. The molecule has 4 heteroatoms. The van der Waals surface area contributed by atoms with Crippen LogP contribution in [0.2, 0.25) is 0 Å². The Morgan fingerprint density at radius 2 is 1.11 bits per heavy atom. The van der Waals surface area contributed by atoms with Crippen molar-refractivity contribution in [2.45, 2.75) is 71.1 Å². The number of esters is 2. The normalized spacial score (nSPS) is 19.5. The molecule has 0 spiro atoms. The molecule has 0 saturated heterocycles. The van der Waals surface area contributed by atoms with Gasteiger partial charge in [-0.3, -0.25) is 0 Å². The number of rotatable bonds is 9. The second-order valence-electron chi connectivity index (χ2n) is 9.98. The molecule has 0 saturated carbocycles. The summed E-state index contributed by atoms with van der Waals surface area (Å²) in [6.45, 7) is 8.75. The summed E-state index contributed by atoms with van der Waals surface area (Å²) >= 11 is 0. The Hall–Kier alpha value is -3.66. The summed E-state index contributed by atoms with van der Waals surface area (Å²) < 4.78 is 10.6. The van der Waals surface area contributed by atoms with Gasteiger partial charge in [0, 0.05) is 24.5 Å². The quantitative estimate of drug-likeness (QED) is 0.239. The molecule has 192 valence electrons. The van der Waals surface area contributed by atoms with Crippen LogP contribution >= 0.6 is 0 Å². The molecule has 4 rings (SSSR count). The van der Waals surface area contributed by atoms with Gasteiger partial charge in [0.25, 0.3) is 0 Å². The number of hydrogen-bond donors (Lipinski definition) is 0. The molecule has 0 bridgehead atoms. The maximum Gasteiger partial charge on any atom is 0.338 e. The molecule has 0 aromatic carbocycles. The topological polar surface area (TPSA) is 52.6 Å². The Labute approximate surface area is 220 Å². The van der Waals surface area contributed by atoms with Gasteiger partial charge in [0.15, 0.2) is 0 Å². The van der Waals surface area contributed by atoms with Crippen molar-refractivity contribution in [3.63, 3.8) is 0 Å². The summed E-state index contributed by atoms with van der Waals surface area (Å²) in [5.41, 5.74) is 8.93. The highest BCUT2D eigenvalue weighted by molar-refractivity contribution is 5.87. The molecule has 4 aliphatic rings. The lowest BCUT2D eigenvalue weighted by Gasteiger charge is -2.22. The predicted molar refractivity (Wildman–Crippen MR) is 148 cm³/mol. The number of hydrogen-bond acceptors (Lipinski definition) is 4. The summed E-state index contributed by atoms with van der Waals surface area (Å²) in [4.78, 5) is 23.1. The van der Waals surface area contributed by atoms with Crippen LogP contribution in [0.25, 0.3) is 0 Å². The average Bonchev–Trinajstić information content (AvgIpc) is 2.93. The summed E-state index contributed by atoms with van der Waals surface area (Å²) in [5, 5.41) is 0. The van der Waals surface area contributed by atoms with Crippen LogP contribution in [0.15, 0.2) is 118 Å². The fourth-order valence-corrected chi connectivity index (χ4v) is 4.95. The highest BCUT2D eigenvalue weighted by atomic mass is 16.5. The fraction of sp³-hybridized carbons (Fsp3) is 0.333. The van der Waals surface area contributed by atoms with Crippen LogP contribution in [0.5, 0.6) is 0 Å². The van der Waals surface area contributed by atoms with Crippen molar-refractivity contribution in [1.82, 2.24) is 0 Å². The number of carbonyl (C=O) groups excluding carboxylic acids is 2. The minimum absolute atomic E-state index is 0.349. The van der Waals surface area contributed by atoms with Crippen LogP contribution in [0.3, 0.4) is 0 Å². The highest BCUT2D eigenvalue weighted by Crippen LogP contribution is 2.35. The second kappa shape index (κ2) is 12.5. The molecule has 0 radical (unpaired) electrons. The van der Waals surface area contributed by atoms with Crippen LogP contribution in [0.1, 0.15) is 71.1 Å². The first kappa shape index (κ1) is 26.4. The third-order valence-corrected chi connectivity index (χ3v) is 7.26. The van der Waals surface area contributed by atoms with Crippen molar-refractivity contribution >= 4 is 11.9 Å². The van der Waals surface area contributed by atoms with Crippen molar-refractivity contribution in [3.8, 4) is 0 Å². The molecule has 37 heavy (non-hydrogen) atoms. The summed E-state index contributed by atoms with van der Waals surface area (Å²) in [6, 6.07) is 0. The largest absolute Gasteiger partial charge is 0.428 e. The monoisotopic (exact) mass is 496 g/mol. The van der Waals surface area contributed by atoms with Crippen molar-refractivity contribution in [2.24, 2.45) is 0 Å². The summed E-state index contributed by atoms with van der Waals surface area (Å²) in [7, 11) is 0. The van der Waals surface area contributed by atoms with Crippen LogP contribution in [0, 0.1) is 0 Å². The number of allylic oxidation sites excluding steroid dienone is 16.